The fourth-order valence-corrected chi connectivity index (χ4v) is 3.47. The average molecular weight is 389 g/mol. The molecule has 144 valence electrons. The summed E-state index contributed by atoms with van der Waals surface area (Å²) < 4.78 is 1.74. The predicted molar refractivity (Wildman–Crippen MR) is 104 cm³/mol. The Hall–Kier alpha value is -2.52. The Morgan fingerprint density at radius 3 is 2.67 bits per heavy atom. The molecule has 1 aromatic heterocycles. The molecule has 0 spiro atoms. The molecule has 1 unspecified atom stereocenters. The lowest BCUT2D eigenvalue weighted by molar-refractivity contribution is -0.134. The van der Waals surface area contributed by atoms with E-state index in [0.29, 0.717) is 6.54 Å². The molecule has 0 saturated carbocycles. The van der Waals surface area contributed by atoms with Crippen molar-refractivity contribution in [2.24, 2.45) is 5.73 Å². The average Bonchev–Trinajstić information content (AvgIpc) is 3.08. The van der Waals surface area contributed by atoms with Gasteiger partial charge < -0.3 is 15.7 Å². The third-order valence-electron chi connectivity index (χ3n) is 4.65. The molecule has 2 atom stereocenters. The normalized spacial score (nSPS) is 18.4. The van der Waals surface area contributed by atoms with Crippen LogP contribution in [-0.4, -0.2) is 68.1 Å². The number of aryl methyl sites for hydroxylation is 1. The fourth-order valence-electron chi connectivity index (χ4n) is 3.31. The van der Waals surface area contributed by atoms with Crippen molar-refractivity contribution in [3.8, 4) is 5.69 Å². The number of thiol groups is 1. The largest absolute Gasteiger partial charge is 0.465 e. The van der Waals surface area contributed by atoms with Gasteiger partial charge in [0.15, 0.2) is 0 Å². The summed E-state index contributed by atoms with van der Waals surface area (Å²) in [6.07, 6.45) is -1.02. The first-order valence-corrected chi connectivity index (χ1v) is 9.32. The van der Waals surface area contributed by atoms with E-state index in [0.717, 1.165) is 17.1 Å². The zero-order valence-electron chi connectivity index (χ0n) is 15.0. The molecule has 0 aliphatic carbocycles. The number of carboxylic acid groups (broad SMARTS) is 1. The molecule has 0 bridgehead atoms. The topological polar surface area (TPSA) is 105 Å². The van der Waals surface area contributed by atoms with Gasteiger partial charge in [-0.25, -0.2) is 9.48 Å². The summed E-state index contributed by atoms with van der Waals surface area (Å²) in [4.78, 5) is 27.3. The van der Waals surface area contributed by atoms with Gasteiger partial charge in [0.25, 0.3) is 0 Å². The highest BCUT2D eigenvalue weighted by atomic mass is 32.1. The van der Waals surface area contributed by atoms with Gasteiger partial charge in [0.05, 0.1) is 29.2 Å². The van der Waals surface area contributed by atoms with Crippen molar-refractivity contribution in [3.63, 3.8) is 0 Å². The van der Waals surface area contributed by atoms with Crippen molar-refractivity contribution in [1.29, 1.82) is 0 Å². The highest BCUT2D eigenvalue weighted by Crippen LogP contribution is 2.28. The second kappa shape index (κ2) is 8.01. The number of piperazine rings is 1. The molecular weight excluding hydrogens is 366 g/mol. The van der Waals surface area contributed by atoms with Gasteiger partial charge in [0.1, 0.15) is 0 Å². The minimum atomic E-state index is -1.02. The van der Waals surface area contributed by atoms with Crippen LogP contribution in [0.2, 0.25) is 0 Å². The molecule has 2 aromatic rings. The molecule has 3 rings (SSSR count). The SMILES string of the molecule is Cc1cc([C@H]2CN(C(=O)C(N)CS)CCN2C(=O)O)n(-c2ccccc2)n1. The van der Waals surface area contributed by atoms with Crippen molar-refractivity contribution >= 4 is 24.6 Å². The predicted octanol–water partition coefficient (Wildman–Crippen LogP) is 1.30. The number of amides is 2. The summed E-state index contributed by atoms with van der Waals surface area (Å²) >= 11 is 4.09. The maximum atomic E-state index is 12.5. The lowest BCUT2D eigenvalue weighted by Crippen LogP contribution is -2.56. The zero-order chi connectivity index (χ0) is 19.6. The number of hydrogen-bond donors (Lipinski definition) is 3. The Kier molecular flexibility index (Phi) is 5.71. The number of aromatic nitrogens is 2. The Bertz CT molecular complexity index is 826. The van der Waals surface area contributed by atoms with Crippen LogP contribution in [0.25, 0.3) is 5.69 Å². The van der Waals surface area contributed by atoms with Gasteiger partial charge in [-0.15, -0.1) is 0 Å². The molecule has 8 nitrogen and oxygen atoms in total. The van der Waals surface area contributed by atoms with Crippen molar-refractivity contribution in [3.05, 3.63) is 47.8 Å². The molecule has 1 aliphatic heterocycles. The number of nitrogens with zero attached hydrogens (tertiary/aromatic N) is 4. The van der Waals surface area contributed by atoms with Crippen molar-refractivity contribution in [2.45, 2.75) is 19.0 Å². The summed E-state index contributed by atoms with van der Waals surface area (Å²) in [7, 11) is 0. The highest BCUT2D eigenvalue weighted by Gasteiger charge is 2.36. The standard InChI is InChI=1S/C18H23N5O3S/c1-12-9-15(23(20-12)13-5-3-2-4-6-13)16-10-21(17(24)14(19)11-27)7-8-22(16)18(25)26/h2-6,9,14,16,27H,7-8,10-11,19H2,1H3,(H,25,26)/t14?,16-/m1/s1. The summed E-state index contributed by atoms with van der Waals surface area (Å²) in [6.45, 7) is 2.60. The van der Waals surface area contributed by atoms with E-state index in [1.54, 1.807) is 9.58 Å². The molecule has 2 amide bonds. The van der Waals surface area contributed by atoms with Crippen LogP contribution in [0.3, 0.4) is 0 Å². The molecule has 9 heteroatoms. The molecule has 3 N–H and O–H groups in total. The van der Waals surface area contributed by atoms with Gasteiger partial charge in [0.2, 0.25) is 5.91 Å². The third kappa shape index (κ3) is 3.93. The van der Waals surface area contributed by atoms with Crippen LogP contribution in [-0.2, 0) is 4.79 Å². The first-order valence-electron chi connectivity index (χ1n) is 8.69. The summed E-state index contributed by atoms with van der Waals surface area (Å²) in [5.41, 5.74) is 8.16. The lowest BCUT2D eigenvalue weighted by atomic mass is 10.1. The summed E-state index contributed by atoms with van der Waals surface area (Å²) in [6, 6.07) is 10.1. The number of carbonyl (C=O) groups excluding carboxylic acids is 1. The number of para-hydroxylation sites is 1. The molecule has 27 heavy (non-hydrogen) atoms. The van der Waals surface area contributed by atoms with Crippen LogP contribution >= 0.6 is 12.6 Å². The Morgan fingerprint density at radius 1 is 1.33 bits per heavy atom. The molecule has 1 aromatic carbocycles. The van der Waals surface area contributed by atoms with E-state index in [4.69, 9.17) is 5.73 Å². The minimum absolute atomic E-state index is 0.212. The second-order valence-electron chi connectivity index (χ2n) is 6.52. The van der Waals surface area contributed by atoms with Crippen LogP contribution in [0, 0.1) is 6.92 Å². The molecule has 1 saturated heterocycles. The monoisotopic (exact) mass is 389 g/mol. The third-order valence-corrected chi connectivity index (χ3v) is 5.05. The van der Waals surface area contributed by atoms with Crippen LogP contribution in [0.1, 0.15) is 17.4 Å². The Balaban J connectivity index is 1.99. The molecule has 2 heterocycles. The molecule has 1 fully saturated rings. The lowest BCUT2D eigenvalue weighted by Gasteiger charge is -2.40. The van der Waals surface area contributed by atoms with E-state index in [9.17, 15) is 14.7 Å². The van der Waals surface area contributed by atoms with Gasteiger partial charge in [-0.05, 0) is 25.1 Å². The van der Waals surface area contributed by atoms with Gasteiger partial charge in [-0.2, -0.15) is 17.7 Å². The first kappa shape index (κ1) is 19.2. The van der Waals surface area contributed by atoms with E-state index < -0.39 is 18.2 Å². The number of rotatable bonds is 4. The first-order chi connectivity index (χ1) is 12.9. The summed E-state index contributed by atoms with van der Waals surface area (Å²) in [5, 5.41) is 14.2. The van der Waals surface area contributed by atoms with Crippen LogP contribution in [0.4, 0.5) is 4.79 Å². The van der Waals surface area contributed by atoms with E-state index in [-0.39, 0.29) is 24.7 Å². The summed E-state index contributed by atoms with van der Waals surface area (Å²) in [5.74, 6) is 0.0199. The van der Waals surface area contributed by atoms with Crippen molar-refractivity contribution in [2.75, 3.05) is 25.4 Å². The number of hydrogen-bond acceptors (Lipinski definition) is 5. The highest BCUT2D eigenvalue weighted by molar-refractivity contribution is 7.80. The van der Waals surface area contributed by atoms with Crippen LogP contribution < -0.4 is 5.73 Å². The van der Waals surface area contributed by atoms with Crippen molar-refractivity contribution in [1.82, 2.24) is 19.6 Å². The van der Waals surface area contributed by atoms with E-state index >= 15 is 0 Å². The molecular formula is C18H23N5O3S. The maximum Gasteiger partial charge on any atom is 0.407 e. The van der Waals surface area contributed by atoms with E-state index in [2.05, 4.69) is 17.7 Å². The van der Waals surface area contributed by atoms with E-state index in [1.165, 1.54) is 4.90 Å². The molecule has 0 radical (unpaired) electrons. The maximum absolute atomic E-state index is 12.5. The van der Waals surface area contributed by atoms with Crippen molar-refractivity contribution < 1.29 is 14.7 Å². The fraction of sp³-hybridized carbons (Fsp3) is 0.389. The molecule has 1 aliphatic rings. The zero-order valence-corrected chi connectivity index (χ0v) is 15.9. The van der Waals surface area contributed by atoms with Gasteiger partial charge in [0, 0.05) is 25.4 Å². The number of benzene rings is 1. The van der Waals surface area contributed by atoms with Crippen LogP contribution in [0.5, 0.6) is 0 Å². The number of carbonyl (C=O) groups is 2. The van der Waals surface area contributed by atoms with Crippen LogP contribution in [0.15, 0.2) is 36.4 Å². The second-order valence-corrected chi connectivity index (χ2v) is 6.89. The minimum Gasteiger partial charge on any atom is -0.465 e. The quantitative estimate of drug-likeness (QED) is 0.684. The van der Waals surface area contributed by atoms with E-state index in [1.807, 2.05) is 43.3 Å². The number of nitrogens with two attached hydrogens (primary N) is 1. The van der Waals surface area contributed by atoms with Gasteiger partial charge in [-0.1, -0.05) is 18.2 Å². The smallest absolute Gasteiger partial charge is 0.407 e. The van der Waals surface area contributed by atoms with Gasteiger partial charge in [-0.3, -0.25) is 9.69 Å². The van der Waals surface area contributed by atoms with Gasteiger partial charge >= 0.3 is 6.09 Å². The Labute approximate surface area is 163 Å². The Morgan fingerprint density at radius 2 is 2.04 bits per heavy atom.